The minimum atomic E-state index is 0.315. The monoisotopic (exact) mass is 247 g/mol. The molecule has 1 aromatic heterocycles. The van der Waals surface area contributed by atoms with Gasteiger partial charge in [-0.25, -0.2) is 4.98 Å². The van der Waals surface area contributed by atoms with Gasteiger partial charge in [0, 0.05) is 18.4 Å². The molecule has 0 aromatic carbocycles. The van der Waals surface area contributed by atoms with Gasteiger partial charge in [0.1, 0.15) is 11.6 Å². The maximum absolute atomic E-state index is 6.21. The molecule has 1 aliphatic rings. The smallest absolute Gasteiger partial charge is 0.128 e. The van der Waals surface area contributed by atoms with Crippen LogP contribution in [0.15, 0.2) is 0 Å². The highest BCUT2D eigenvalue weighted by molar-refractivity contribution is 5.42. The SMILES string of the molecule is C#CCn1c(C(C)C)nc(C2CCCOC2)c1N. The number of rotatable bonds is 3. The second-order valence-electron chi connectivity index (χ2n) is 5.10. The molecule has 18 heavy (non-hydrogen) atoms. The molecule has 4 heteroatoms. The first-order valence-electron chi connectivity index (χ1n) is 6.52. The van der Waals surface area contributed by atoms with Crippen molar-refractivity contribution in [2.24, 2.45) is 0 Å². The van der Waals surface area contributed by atoms with Crippen LogP contribution in [0, 0.1) is 12.3 Å². The zero-order valence-corrected chi connectivity index (χ0v) is 11.1. The van der Waals surface area contributed by atoms with E-state index >= 15 is 0 Å². The summed E-state index contributed by atoms with van der Waals surface area (Å²) in [5.74, 6) is 4.97. The van der Waals surface area contributed by atoms with Gasteiger partial charge < -0.3 is 15.0 Å². The van der Waals surface area contributed by atoms with Crippen molar-refractivity contribution in [1.82, 2.24) is 9.55 Å². The Morgan fingerprint density at radius 3 is 2.94 bits per heavy atom. The molecule has 1 saturated heterocycles. The van der Waals surface area contributed by atoms with Gasteiger partial charge in [-0.3, -0.25) is 0 Å². The van der Waals surface area contributed by atoms with Crippen LogP contribution in [-0.2, 0) is 11.3 Å². The van der Waals surface area contributed by atoms with Crippen LogP contribution < -0.4 is 5.73 Å². The lowest BCUT2D eigenvalue weighted by Gasteiger charge is -2.20. The Morgan fingerprint density at radius 1 is 1.61 bits per heavy atom. The van der Waals surface area contributed by atoms with E-state index in [0.29, 0.717) is 24.2 Å². The largest absolute Gasteiger partial charge is 0.384 e. The average Bonchev–Trinajstić information content (AvgIpc) is 2.69. The highest BCUT2D eigenvalue weighted by Gasteiger charge is 2.25. The molecule has 1 atom stereocenters. The van der Waals surface area contributed by atoms with Crippen LogP contribution in [0.1, 0.15) is 50.0 Å². The molecule has 2 N–H and O–H groups in total. The van der Waals surface area contributed by atoms with E-state index in [0.717, 1.165) is 37.6 Å². The van der Waals surface area contributed by atoms with Crippen molar-refractivity contribution in [3.8, 4) is 12.3 Å². The molecule has 0 aliphatic carbocycles. The first-order chi connectivity index (χ1) is 8.65. The molecule has 1 unspecified atom stereocenters. The molecular weight excluding hydrogens is 226 g/mol. The predicted octanol–water partition coefficient (Wildman–Crippen LogP) is 2.12. The average molecular weight is 247 g/mol. The third-order valence-electron chi connectivity index (χ3n) is 3.38. The van der Waals surface area contributed by atoms with Gasteiger partial charge in [-0.1, -0.05) is 19.8 Å². The van der Waals surface area contributed by atoms with Crippen LogP contribution in [0.5, 0.6) is 0 Å². The van der Waals surface area contributed by atoms with Gasteiger partial charge in [0.05, 0.1) is 18.8 Å². The highest BCUT2D eigenvalue weighted by Crippen LogP contribution is 2.31. The molecule has 2 heterocycles. The van der Waals surface area contributed by atoms with Crippen LogP contribution in [0.3, 0.4) is 0 Å². The summed E-state index contributed by atoms with van der Waals surface area (Å²) in [4.78, 5) is 4.71. The van der Waals surface area contributed by atoms with Crippen molar-refractivity contribution in [3.63, 3.8) is 0 Å². The fourth-order valence-electron chi connectivity index (χ4n) is 2.46. The van der Waals surface area contributed by atoms with E-state index in [1.807, 2.05) is 4.57 Å². The molecule has 0 bridgehead atoms. The number of aromatic nitrogens is 2. The Labute approximate surface area is 109 Å². The van der Waals surface area contributed by atoms with Gasteiger partial charge in [-0.2, -0.15) is 0 Å². The molecule has 0 spiro atoms. The second kappa shape index (κ2) is 5.45. The zero-order valence-electron chi connectivity index (χ0n) is 11.1. The van der Waals surface area contributed by atoms with E-state index in [-0.39, 0.29) is 0 Å². The molecule has 1 fully saturated rings. The summed E-state index contributed by atoms with van der Waals surface area (Å²) in [5.41, 5.74) is 7.17. The van der Waals surface area contributed by atoms with Gasteiger partial charge in [-0.15, -0.1) is 6.42 Å². The Kier molecular flexibility index (Phi) is 3.93. The number of hydrogen-bond donors (Lipinski definition) is 1. The zero-order chi connectivity index (χ0) is 13.1. The normalized spacial score (nSPS) is 20.0. The van der Waals surface area contributed by atoms with Crippen molar-refractivity contribution in [2.45, 2.75) is 45.1 Å². The summed E-state index contributed by atoms with van der Waals surface area (Å²) in [6.45, 7) is 6.26. The fourth-order valence-corrected chi connectivity index (χ4v) is 2.46. The number of anilines is 1. The van der Waals surface area contributed by atoms with Crippen molar-refractivity contribution < 1.29 is 4.74 Å². The van der Waals surface area contributed by atoms with E-state index in [2.05, 4.69) is 19.8 Å². The van der Waals surface area contributed by atoms with Crippen molar-refractivity contribution in [2.75, 3.05) is 18.9 Å². The molecule has 0 saturated carbocycles. The van der Waals surface area contributed by atoms with E-state index in [1.165, 1.54) is 0 Å². The predicted molar refractivity (Wildman–Crippen MR) is 72.4 cm³/mol. The topological polar surface area (TPSA) is 53.1 Å². The molecule has 4 nitrogen and oxygen atoms in total. The maximum atomic E-state index is 6.21. The number of terminal acetylenes is 1. The third-order valence-corrected chi connectivity index (χ3v) is 3.38. The number of nitrogens with two attached hydrogens (primary N) is 1. The lowest BCUT2D eigenvalue weighted by molar-refractivity contribution is 0.0795. The summed E-state index contributed by atoms with van der Waals surface area (Å²) in [6.07, 6.45) is 7.57. The Hall–Kier alpha value is -1.47. The fraction of sp³-hybridized carbons (Fsp3) is 0.643. The minimum Gasteiger partial charge on any atom is -0.384 e. The Morgan fingerprint density at radius 2 is 2.39 bits per heavy atom. The van der Waals surface area contributed by atoms with E-state index < -0.39 is 0 Å². The van der Waals surface area contributed by atoms with Gasteiger partial charge >= 0.3 is 0 Å². The first kappa shape index (κ1) is 13.0. The van der Waals surface area contributed by atoms with Crippen molar-refractivity contribution >= 4 is 5.82 Å². The van der Waals surface area contributed by atoms with Crippen LogP contribution in [0.4, 0.5) is 5.82 Å². The summed E-state index contributed by atoms with van der Waals surface area (Å²) in [6, 6.07) is 0. The summed E-state index contributed by atoms with van der Waals surface area (Å²) >= 11 is 0. The van der Waals surface area contributed by atoms with Crippen LogP contribution in [-0.4, -0.2) is 22.8 Å². The van der Waals surface area contributed by atoms with E-state index in [1.54, 1.807) is 0 Å². The third kappa shape index (κ3) is 2.37. The molecular formula is C14H21N3O. The van der Waals surface area contributed by atoms with Crippen molar-refractivity contribution in [3.05, 3.63) is 11.5 Å². The lowest BCUT2D eigenvalue weighted by Crippen LogP contribution is -2.17. The number of nitrogen functional groups attached to an aromatic ring is 1. The standard InChI is InChI=1S/C14H21N3O/c1-4-7-17-13(15)12(16-14(17)10(2)3)11-6-5-8-18-9-11/h1,10-11H,5-9,15H2,2-3H3. The highest BCUT2D eigenvalue weighted by atomic mass is 16.5. The molecule has 98 valence electrons. The maximum Gasteiger partial charge on any atom is 0.128 e. The summed E-state index contributed by atoms with van der Waals surface area (Å²) in [5, 5.41) is 0. The molecule has 0 radical (unpaired) electrons. The van der Waals surface area contributed by atoms with E-state index in [9.17, 15) is 0 Å². The molecule has 2 rings (SSSR count). The Bertz CT molecular complexity index is 450. The van der Waals surface area contributed by atoms with Gasteiger partial charge in [0.2, 0.25) is 0 Å². The second-order valence-corrected chi connectivity index (χ2v) is 5.10. The number of hydrogen-bond acceptors (Lipinski definition) is 3. The van der Waals surface area contributed by atoms with Crippen LogP contribution in [0.2, 0.25) is 0 Å². The minimum absolute atomic E-state index is 0.315. The number of nitrogens with zero attached hydrogens (tertiary/aromatic N) is 2. The molecule has 1 aromatic rings. The van der Waals surface area contributed by atoms with Gasteiger partial charge in [-0.05, 0) is 12.8 Å². The Balaban J connectivity index is 2.36. The summed E-state index contributed by atoms with van der Waals surface area (Å²) < 4.78 is 7.47. The number of ether oxygens (including phenoxy) is 1. The van der Waals surface area contributed by atoms with Gasteiger partial charge in [0.25, 0.3) is 0 Å². The van der Waals surface area contributed by atoms with Gasteiger partial charge in [0.15, 0.2) is 0 Å². The first-order valence-corrected chi connectivity index (χ1v) is 6.52. The lowest BCUT2D eigenvalue weighted by atomic mass is 9.98. The van der Waals surface area contributed by atoms with E-state index in [4.69, 9.17) is 21.9 Å². The molecule has 1 aliphatic heterocycles. The van der Waals surface area contributed by atoms with Crippen LogP contribution in [0.25, 0.3) is 0 Å². The van der Waals surface area contributed by atoms with Crippen LogP contribution >= 0.6 is 0 Å². The summed E-state index contributed by atoms with van der Waals surface area (Å²) in [7, 11) is 0. The van der Waals surface area contributed by atoms with Crippen molar-refractivity contribution in [1.29, 1.82) is 0 Å². The quantitative estimate of drug-likeness (QED) is 0.832. The number of imidazole rings is 1. The molecule has 0 amide bonds.